The molecule has 5 nitrogen and oxygen atoms in total. The Morgan fingerprint density at radius 2 is 2.00 bits per heavy atom. The van der Waals surface area contributed by atoms with Crippen LogP contribution in [0.15, 0.2) is 36.7 Å². The predicted molar refractivity (Wildman–Crippen MR) is 73.4 cm³/mol. The molecule has 2 rings (SSSR count). The van der Waals surface area contributed by atoms with Crippen LogP contribution >= 0.6 is 0 Å². The monoisotopic (exact) mass is 259 g/mol. The first-order chi connectivity index (χ1) is 9.06. The highest BCUT2D eigenvalue weighted by Gasteiger charge is 2.07. The molecule has 0 aliphatic heterocycles. The third kappa shape index (κ3) is 3.34. The molecule has 0 radical (unpaired) electrons. The Kier molecular flexibility index (Phi) is 3.85. The average Bonchev–Trinajstić information content (AvgIpc) is 2.76. The van der Waals surface area contributed by atoms with E-state index in [1.807, 2.05) is 43.3 Å². The summed E-state index contributed by atoms with van der Waals surface area (Å²) in [5.41, 5.74) is 2.25. The van der Waals surface area contributed by atoms with E-state index in [9.17, 15) is 4.79 Å². The SMILES string of the molecule is CN(C)c1ccc(Cc2nccn2CC(=O)O)cc1. The van der Waals surface area contributed by atoms with Crippen molar-refractivity contribution in [2.45, 2.75) is 13.0 Å². The maximum Gasteiger partial charge on any atom is 0.323 e. The van der Waals surface area contributed by atoms with Crippen LogP contribution in [-0.2, 0) is 17.8 Å². The normalized spacial score (nSPS) is 10.4. The first-order valence-corrected chi connectivity index (χ1v) is 6.04. The van der Waals surface area contributed by atoms with Gasteiger partial charge in [-0.25, -0.2) is 4.98 Å². The van der Waals surface area contributed by atoms with Crippen LogP contribution < -0.4 is 4.90 Å². The van der Waals surface area contributed by atoms with E-state index in [0.29, 0.717) is 6.42 Å². The smallest absolute Gasteiger partial charge is 0.323 e. The van der Waals surface area contributed by atoms with Crippen LogP contribution in [0, 0.1) is 0 Å². The minimum atomic E-state index is -0.859. The first kappa shape index (κ1) is 13.1. The second-order valence-corrected chi connectivity index (χ2v) is 4.60. The van der Waals surface area contributed by atoms with E-state index in [-0.39, 0.29) is 6.54 Å². The first-order valence-electron chi connectivity index (χ1n) is 6.04. The fourth-order valence-corrected chi connectivity index (χ4v) is 1.89. The van der Waals surface area contributed by atoms with E-state index >= 15 is 0 Å². The Bertz CT molecular complexity index is 558. The maximum absolute atomic E-state index is 10.7. The lowest BCUT2D eigenvalue weighted by atomic mass is 10.1. The molecule has 5 heteroatoms. The van der Waals surface area contributed by atoms with Crippen molar-refractivity contribution < 1.29 is 9.90 Å². The molecule has 2 aromatic rings. The number of carbonyl (C=O) groups is 1. The molecule has 1 aromatic carbocycles. The van der Waals surface area contributed by atoms with Crippen molar-refractivity contribution >= 4 is 11.7 Å². The Morgan fingerprint density at radius 1 is 1.32 bits per heavy atom. The van der Waals surface area contributed by atoms with E-state index in [4.69, 9.17) is 5.11 Å². The number of rotatable bonds is 5. The Morgan fingerprint density at radius 3 is 2.58 bits per heavy atom. The van der Waals surface area contributed by atoms with Gasteiger partial charge in [-0.2, -0.15) is 0 Å². The van der Waals surface area contributed by atoms with Crippen molar-refractivity contribution in [3.05, 3.63) is 48.0 Å². The number of anilines is 1. The standard InChI is InChI=1S/C14H17N3O2/c1-16(2)12-5-3-11(4-6-12)9-13-15-7-8-17(13)10-14(18)19/h3-8H,9-10H2,1-2H3,(H,18,19). The second-order valence-electron chi connectivity index (χ2n) is 4.60. The fraction of sp³-hybridized carbons (Fsp3) is 0.286. The van der Waals surface area contributed by atoms with E-state index in [2.05, 4.69) is 4.98 Å². The Balaban J connectivity index is 2.12. The summed E-state index contributed by atoms with van der Waals surface area (Å²) in [5, 5.41) is 8.82. The van der Waals surface area contributed by atoms with Gasteiger partial charge in [0, 0.05) is 38.6 Å². The number of aliphatic carboxylic acids is 1. The molecule has 1 aromatic heterocycles. The fourth-order valence-electron chi connectivity index (χ4n) is 1.89. The number of hydrogen-bond donors (Lipinski definition) is 1. The lowest BCUT2D eigenvalue weighted by molar-refractivity contribution is -0.137. The van der Waals surface area contributed by atoms with Gasteiger partial charge in [0.05, 0.1) is 0 Å². The van der Waals surface area contributed by atoms with Gasteiger partial charge in [0.15, 0.2) is 0 Å². The molecule has 0 aliphatic carbocycles. The van der Waals surface area contributed by atoms with Crippen molar-refractivity contribution in [3.63, 3.8) is 0 Å². The molecular weight excluding hydrogens is 242 g/mol. The molecule has 0 amide bonds. The average molecular weight is 259 g/mol. The minimum absolute atomic E-state index is 0.0505. The highest BCUT2D eigenvalue weighted by molar-refractivity contribution is 5.66. The largest absolute Gasteiger partial charge is 0.480 e. The summed E-state index contributed by atoms with van der Waals surface area (Å²) in [6.45, 7) is -0.0505. The summed E-state index contributed by atoms with van der Waals surface area (Å²) >= 11 is 0. The van der Waals surface area contributed by atoms with E-state index in [1.54, 1.807) is 17.0 Å². The lowest BCUT2D eigenvalue weighted by Gasteiger charge is -2.12. The number of hydrogen-bond acceptors (Lipinski definition) is 3. The third-order valence-corrected chi connectivity index (χ3v) is 2.92. The van der Waals surface area contributed by atoms with Gasteiger partial charge in [0.25, 0.3) is 0 Å². The lowest BCUT2D eigenvalue weighted by Crippen LogP contribution is -2.11. The van der Waals surface area contributed by atoms with Crippen molar-refractivity contribution in [1.29, 1.82) is 0 Å². The number of carboxylic acid groups (broad SMARTS) is 1. The highest BCUT2D eigenvalue weighted by atomic mass is 16.4. The van der Waals surface area contributed by atoms with Crippen LogP contribution in [-0.4, -0.2) is 34.7 Å². The molecule has 0 saturated carbocycles. The van der Waals surface area contributed by atoms with Crippen LogP contribution in [0.5, 0.6) is 0 Å². The summed E-state index contributed by atoms with van der Waals surface area (Å²) in [6.07, 6.45) is 3.96. The summed E-state index contributed by atoms with van der Waals surface area (Å²) < 4.78 is 1.65. The van der Waals surface area contributed by atoms with Gasteiger partial charge in [-0.3, -0.25) is 4.79 Å². The van der Waals surface area contributed by atoms with Crippen LogP contribution in [0.4, 0.5) is 5.69 Å². The summed E-state index contributed by atoms with van der Waals surface area (Å²) in [4.78, 5) is 17.0. The van der Waals surface area contributed by atoms with Gasteiger partial charge in [-0.1, -0.05) is 12.1 Å². The summed E-state index contributed by atoms with van der Waals surface area (Å²) in [6, 6.07) is 8.16. The molecule has 0 aliphatic rings. The van der Waals surface area contributed by atoms with Crippen molar-refractivity contribution in [3.8, 4) is 0 Å². The number of nitrogens with zero attached hydrogens (tertiary/aromatic N) is 3. The van der Waals surface area contributed by atoms with Crippen LogP contribution in [0.1, 0.15) is 11.4 Å². The topological polar surface area (TPSA) is 58.4 Å². The summed E-state index contributed by atoms with van der Waals surface area (Å²) in [5.74, 6) is -0.0952. The van der Waals surface area contributed by atoms with Gasteiger partial charge in [0.2, 0.25) is 0 Å². The zero-order valence-corrected chi connectivity index (χ0v) is 11.1. The zero-order valence-electron chi connectivity index (χ0n) is 11.1. The minimum Gasteiger partial charge on any atom is -0.480 e. The van der Waals surface area contributed by atoms with Crippen LogP contribution in [0.2, 0.25) is 0 Å². The molecule has 19 heavy (non-hydrogen) atoms. The molecule has 1 N–H and O–H groups in total. The van der Waals surface area contributed by atoms with Crippen molar-refractivity contribution in [2.75, 3.05) is 19.0 Å². The van der Waals surface area contributed by atoms with Crippen LogP contribution in [0.3, 0.4) is 0 Å². The van der Waals surface area contributed by atoms with Gasteiger partial charge in [-0.05, 0) is 17.7 Å². The molecule has 100 valence electrons. The van der Waals surface area contributed by atoms with E-state index in [1.165, 1.54) is 0 Å². The van der Waals surface area contributed by atoms with Gasteiger partial charge >= 0.3 is 5.97 Å². The molecule has 0 unspecified atom stereocenters. The molecule has 1 heterocycles. The van der Waals surface area contributed by atoms with E-state index in [0.717, 1.165) is 17.1 Å². The van der Waals surface area contributed by atoms with E-state index < -0.39 is 5.97 Å². The van der Waals surface area contributed by atoms with Crippen LogP contribution in [0.25, 0.3) is 0 Å². The second kappa shape index (κ2) is 5.56. The molecule has 0 bridgehead atoms. The summed E-state index contributed by atoms with van der Waals surface area (Å²) in [7, 11) is 3.99. The molecule has 0 fully saturated rings. The highest BCUT2D eigenvalue weighted by Crippen LogP contribution is 2.14. The van der Waals surface area contributed by atoms with Crippen molar-refractivity contribution in [1.82, 2.24) is 9.55 Å². The van der Waals surface area contributed by atoms with Crippen molar-refractivity contribution in [2.24, 2.45) is 0 Å². The van der Waals surface area contributed by atoms with Gasteiger partial charge in [-0.15, -0.1) is 0 Å². The maximum atomic E-state index is 10.7. The molecule has 0 saturated heterocycles. The molecule has 0 spiro atoms. The Hall–Kier alpha value is -2.30. The molecular formula is C14H17N3O2. The predicted octanol–water partition coefficient (Wildman–Crippen LogP) is 1.62. The number of imidazole rings is 1. The zero-order chi connectivity index (χ0) is 13.8. The molecule has 0 atom stereocenters. The third-order valence-electron chi connectivity index (χ3n) is 2.92. The number of carboxylic acids is 1. The number of benzene rings is 1. The van der Waals surface area contributed by atoms with Gasteiger partial charge in [0.1, 0.15) is 12.4 Å². The van der Waals surface area contributed by atoms with Gasteiger partial charge < -0.3 is 14.6 Å². The number of aromatic nitrogens is 2. The quantitative estimate of drug-likeness (QED) is 0.886. The Labute approximate surface area is 112 Å².